The van der Waals surface area contributed by atoms with Crippen LogP contribution in [0.2, 0.25) is 0 Å². The van der Waals surface area contributed by atoms with Crippen LogP contribution in [0.1, 0.15) is 0 Å². The first-order valence-corrected chi connectivity index (χ1v) is 8.22. The minimum Gasteiger partial charge on any atom is -0.457 e. The Morgan fingerprint density at radius 2 is 2.17 bits per heavy atom. The van der Waals surface area contributed by atoms with Crippen molar-refractivity contribution in [1.82, 2.24) is 15.0 Å². The van der Waals surface area contributed by atoms with Crippen molar-refractivity contribution in [3.63, 3.8) is 0 Å². The third-order valence-corrected chi connectivity index (χ3v) is 3.55. The highest BCUT2D eigenvalue weighted by Crippen LogP contribution is 2.24. The lowest BCUT2D eigenvalue weighted by Crippen LogP contribution is -2.06. The quantitative estimate of drug-likeness (QED) is 0.453. The summed E-state index contributed by atoms with van der Waals surface area (Å²) in [5, 5.41) is 6.03. The molecule has 0 bridgehead atoms. The Morgan fingerprint density at radius 1 is 1.31 bits per heavy atom. The number of hydrogen-bond acceptors (Lipinski definition) is 7. The number of ether oxygens (including phenoxy) is 2. The van der Waals surface area contributed by atoms with E-state index in [0.29, 0.717) is 5.69 Å². The molecule has 0 aliphatic carbocycles. The van der Waals surface area contributed by atoms with Crippen molar-refractivity contribution in [2.45, 2.75) is 6.61 Å². The predicted octanol–water partition coefficient (Wildman–Crippen LogP) is 4.58. The molecular weight excluding hydrogens is 389 g/mol. The van der Waals surface area contributed by atoms with Crippen molar-refractivity contribution < 1.29 is 22.6 Å². The van der Waals surface area contributed by atoms with E-state index in [-0.39, 0.29) is 24.0 Å². The van der Waals surface area contributed by atoms with Gasteiger partial charge >= 0.3 is 12.6 Å². The summed E-state index contributed by atoms with van der Waals surface area (Å²) in [5.41, 5.74) is 9.05. The topological polar surface area (TPSA) is 108 Å². The van der Waals surface area contributed by atoms with Gasteiger partial charge in [0.15, 0.2) is 11.6 Å². The molecule has 11 heteroatoms. The molecule has 8 nitrogen and oxygen atoms in total. The Hall–Kier alpha value is -3.89. The normalized spacial score (nSPS) is 11.4. The molecule has 2 aromatic heterocycles. The van der Waals surface area contributed by atoms with Gasteiger partial charge in [0.05, 0.1) is 11.4 Å². The zero-order valence-corrected chi connectivity index (χ0v) is 14.8. The number of nitrogens with zero attached hydrogens (tertiary/aromatic N) is 3. The lowest BCUT2D eigenvalue weighted by atomic mass is 10.3. The first-order valence-electron chi connectivity index (χ1n) is 8.22. The fraction of sp³-hybridized carbons (Fsp3) is 0.111. The van der Waals surface area contributed by atoms with Crippen molar-refractivity contribution in [2.75, 3.05) is 11.9 Å². The van der Waals surface area contributed by atoms with Crippen molar-refractivity contribution >= 4 is 5.69 Å². The van der Waals surface area contributed by atoms with E-state index in [9.17, 15) is 13.2 Å². The maximum absolute atomic E-state index is 13.5. The second-order valence-electron chi connectivity index (χ2n) is 5.51. The molecule has 0 spiro atoms. The average molecular weight is 404 g/mol. The van der Waals surface area contributed by atoms with Gasteiger partial charge < -0.3 is 19.8 Å². The molecule has 0 saturated carbocycles. The second-order valence-corrected chi connectivity index (χ2v) is 5.51. The zero-order chi connectivity index (χ0) is 20.6. The zero-order valence-electron chi connectivity index (χ0n) is 14.8. The lowest BCUT2D eigenvalue weighted by molar-refractivity contribution is -0.0521. The van der Waals surface area contributed by atoms with Gasteiger partial charge in [-0.25, -0.2) is 14.9 Å². The molecule has 3 rings (SSSR count). The molecule has 3 aromatic rings. The number of aromatic amines is 1. The molecule has 29 heavy (non-hydrogen) atoms. The standard InChI is InChI=1S/C18H15F3N6O2/c19-13-4-3-11(8-16(13)29-17(20)21)25-9-12(27-22)10-28-18-24-7-5-15(26-18)14-2-1-6-23-14/h1-9,17,22-23,25H,10H2/b12-9-,27-22?. The van der Waals surface area contributed by atoms with Gasteiger partial charge in [-0.05, 0) is 30.3 Å². The van der Waals surface area contributed by atoms with Gasteiger partial charge in [-0.15, -0.1) is 0 Å². The number of benzene rings is 1. The fourth-order valence-electron chi connectivity index (χ4n) is 2.24. The minimum absolute atomic E-state index is 0.0843. The van der Waals surface area contributed by atoms with Gasteiger partial charge in [0.2, 0.25) is 0 Å². The van der Waals surface area contributed by atoms with Gasteiger partial charge in [-0.1, -0.05) is 0 Å². The molecule has 0 aliphatic rings. The number of rotatable bonds is 9. The summed E-state index contributed by atoms with van der Waals surface area (Å²) in [4.78, 5) is 11.3. The molecular formula is C18H15F3N6O2. The summed E-state index contributed by atoms with van der Waals surface area (Å²) in [7, 11) is 0. The van der Waals surface area contributed by atoms with E-state index < -0.39 is 18.2 Å². The Kier molecular flexibility index (Phi) is 6.40. The molecule has 0 saturated heterocycles. The molecule has 0 atom stereocenters. The Balaban J connectivity index is 1.64. The molecule has 3 N–H and O–H groups in total. The van der Waals surface area contributed by atoms with Crippen LogP contribution in [0.15, 0.2) is 65.8 Å². The third kappa shape index (κ3) is 5.54. The van der Waals surface area contributed by atoms with E-state index in [1.165, 1.54) is 18.5 Å². The average Bonchev–Trinajstić information content (AvgIpc) is 3.25. The molecule has 1 aromatic carbocycles. The number of alkyl halides is 2. The monoisotopic (exact) mass is 404 g/mol. The number of H-pyrrole nitrogens is 1. The lowest BCUT2D eigenvalue weighted by Gasteiger charge is -2.09. The second kappa shape index (κ2) is 9.35. The first kappa shape index (κ1) is 19.9. The number of anilines is 1. The van der Waals surface area contributed by atoms with E-state index in [1.54, 1.807) is 12.3 Å². The smallest absolute Gasteiger partial charge is 0.387 e. The van der Waals surface area contributed by atoms with Crippen LogP contribution in [-0.2, 0) is 0 Å². The van der Waals surface area contributed by atoms with Crippen LogP contribution in [0.25, 0.3) is 11.4 Å². The van der Waals surface area contributed by atoms with Crippen LogP contribution in [-0.4, -0.2) is 28.2 Å². The van der Waals surface area contributed by atoms with E-state index in [4.69, 9.17) is 10.3 Å². The summed E-state index contributed by atoms with van der Waals surface area (Å²) in [6.45, 7) is -3.28. The van der Waals surface area contributed by atoms with E-state index in [2.05, 4.69) is 30.1 Å². The van der Waals surface area contributed by atoms with E-state index in [1.807, 2.05) is 12.1 Å². The molecule has 0 aliphatic heterocycles. The van der Waals surface area contributed by atoms with Gasteiger partial charge in [-0.3, -0.25) is 0 Å². The number of halogens is 3. The molecule has 2 heterocycles. The summed E-state index contributed by atoms with van der Waals surface area (Å²) >= 11 is 0. The van der Waals surface area contributed by atoms with Gasteiger partial charge in [0.25, 0.3) is 0 Å². The highest BCUT2D eigenvalue weighted by Gasteiger charge is 2.10. The Labute approximate surface area is 162 Å². The summed E-state index contributed by atoms with van der Waals surface area (Å²) in [6.07, 6.45) is 4.60. The molecule has 0 unspecified atom stereocenters. The molecule has 0 amide bonds. The van der Waals surface area contributed by atoms with Crippen molar-refractivity contribution in [1.29, 1.82) is 5.53 Å². The summed E-state index contributed by atoms with van der Waals surface area (Å²) in [5.74, 6) is -1.53. The molecule has 0 fully saturated rings. The van der Waals surface area contributed by atoms with Crippen LogP contribution in [0.5, 0.6) is 11.8 Å². The highest BCUT2D eigenvalue weighted by molar-refractivity contribution is 5.53. The summed E-state index contributed by atoms with van der Waals surface area (Å²) < 4.78 is 47.6. The van der Waals surface area contributed by atoms with Crippen molar-refractivity contribution in [3.05, 3.63) is 66.5 Å². The SMILES string of the molecule is N=N/C(=C\Nc1ccc(F)c(OC(F)F)c1)COc1nccc(-c2ccc[nH]2)n1. The fourth-order valence-corrected chi connectivity index (χ4v) is 2.24. The van der Waals surface area contributed by atoms with Gasteiger partial charge in [0.1, 0.15) is 12.3 Å². The van der Waals surface area contributed by atoms with Gasteiger partial charge in [0, 0.05) is 30.3 Å². The number of hydrogen-bond donors (Lipinski definition) is 3. The Morgan fingerprint density at radius 3 is 2.90 bits per heavy atom. The number of aromatic nitrogens is 3. The number of nitrogens with one attached hydrogen (secondary N) is 3. The van der Waals surface area contributed by atoms with E-state index >= 15 is 0 Å². The largest absolute Gasteiger partial charge is 0.457 e. The molecule has 0 radical (unpaired) electrons. The third-order valence-electron chi connectivity index (χ3n) is 3.55. The summed E-state index contributed by atoms with van der Waals surface area (Å²) in [6, 6.07) is 8.81. The van der Waals surface area contributed by atoms with Crippen LogP contribution >= 0.6 is 0 Å². The predicted molar refractivity (Wildman–Crippen MR) is 97.2 cm³/mol. The first-order chi connectivity index (χ1) is 14.0. The van der Waals surface area contributed by atoms with Crippen LogP contribution in [0.4, 0.5) is 18.9 Å². The Bertz CT molecular complexity index is 995. The van der Waals surface area contributed by atoms with E-state index in [0.717, 1.165) is 17.8 Å². The van der Waals surface area contributed by atoms with Crippen LogP contribution in [0.3, 0.4) is 0 Å². The minimum atomic E-state index is -3.15. The van der Waals surface area contributed by atoms with Crippen molar-refractivity contribution in [3.8, 4) is 23.1 Å². The maximum atomic E-state index is 13.5. The molecule has 150 valence electrons. The van der Waals surface area contributed by atoms with Crippen LogP contribution < -0.4 is 14.8 Å². The van der Waals surface area contributed by atoms with Gasteiger partial charge in [-0.2, -0.15) is 18.9 Å². The highest BCUT2D eigenvalue weighted by atomic mass is 19.3. The maximum Gasteiger partial charge on any atom is 0.387 e. The van der Waals surface area contributed by atoms with Crippen molar-refractivity contribution in [2.24, 2.45) is 5.11 Å². The van der Waals surface area contributed by atoms with Crippen LogP contribution in [0, 0.1) is 11.3 Å².